The van der Waals surface area contributed by atoms with E-state index in [0.29, 0.717) is 17.2 Å². The zero-order chi connectivity index (χ0) is 19.3. The van der Waals surface area contributed by atoms with Gasteiger partial charge >= 0.3 is 0 Å². The van der Waals surface area contributed by atoms with E-state index in [9.17, 15) is 8.78 Å². The summed E-state index contributed by atoms with van der Waals surface area (Å²) < 4.78 is 29.6. The van der Waals surface area contributed by atoms with Crippen molar-refractivity contribution in [3.8, 4) is 22.8 Å². The number of hydrogen-bond donors (Lipinski definition) is 0. The molecule has 5 rings (SSSR count). The first kappa shape index (κ1) is 16.5. The smallest absolute Gasteiger partial charge is 0.281 e. The topological polar surface area (TPSA) is 60.9 Å². The molecule has 0 amide bonds. The summed E-state index contributed by atoms with van der Waals surface area (Å²) >= 11 is 0. The van der Waals surface area contributed by atoms with Crippen LogP contribution in [0.2, 0.25) is 0 Å². The van der Waals surface area contributed by atoms with Crippen LogP contribution in [0, 0.1) is 0 Å². The third-order valence-corrected chi connectivity index (χ3v) is 4.71. The van der Waals surface area contributed by atoms with Gasteiger partial charge in [0.25, 0.3) is 6.43 Å². The number of fused-ring (bicyclic) bond motifs is 2. The molecule has 0 aliphatic rings. The molecule has 28 heavy (non-hydrogen) atoms. The molecular weight excluding hydrogens is 362 g/mol. The van der Waals surface area contributed by atoms with Crippen molar-refractivity contribution in [1.29, 1.82) is 0 Å². The van der Waals surface area contributed by atoms with Crippen molar-refractivity contribution in [3.63, 3.8) is 0 Å². The van der Waals surface area contributed by atoms with Crippen LogP contribution in [0.25, 0.3) is 39.3 Å². The summed E-state index contributed by atoms with van der Waals surface area (Å²) in [5, 5.41) is 1.11. The Balaban J connectivity index is 1.62. The minimum atomic E-state index is -2.66. The minimum absolute atomic E-state index is 0.322. The van der Waals surface area contributed by atoms with Crippen LogP contribution >= 0.6 is 0 Å². The number of nitrogens with zero attached hydrogens (tertiary/aromatic N) is 6. The molecule has 0 fully saturated rings. The van der Waals surface area contributed by atoms with Gasteiger partial charge in [-0.2, -0.15) is 0 Å². The number of alkyl halides is 2. The molecule has 8 heteroatoms. The number of hydrogen-bond acceptors (Lipinski definition) is 4. The van der Waals surface area contributed by atoms with E-state index in [1.807, 2.05) is 37.5 Å². The van der Waals surface area contributed by atoms with Crippen LogP contribution in [0.4, 0.5) is 8.78 Å². The predicted molar refractivity (Wildman–Crippen MR) is 101 cm³/mol. The van der Waals surface area contributed by atoms with E-state index >= 15 is 0 Å². The van der Waals surface area contributed by atoms with Gasteiger partial charge in [-0.05, 0) is 24.3 Å². The first-order valence-corrected chi connectivity index (χ1v) is 8.60. The van der Waals surface area contributed by atoms with Crippen molar-refractivity contribution in [2.45, 2.75) is 6.43 Å². The van der Waals surface area contributed by atoms with Crippen LogP contribution in [0.1, 0.15) is 12.1 Å². The second-order valence-electron chi connectivity index (χ2n) is 6.45. The largest absolute Gasteiger partial charge is 0.351 e. The highest BCUT2D eigenvalue weighted by molar-refractivity contribution is 5.85. The van der Waals surface area contributed by atoms with Gasteiger partial charge in [-0.3, -0.25) is 4.40 Å². The van der Waals surface area contributed by atoms with Gasteiger partial charge in [0.2, 0.25) is 0 Å². The average molecular weight is 376 g/mol. The van der Waals surface area contributed by atoms with Gasteiger partial charge < -0.3 is 4.57 Å². The lowest BCUT2D eigenvalue weighted by atomic mass is 10.1. The zero-order valence-corrected chi connectivity index (χ0v) is 14.8. The third-order valence-electron chi connectivity index (χ3n) is 4.71. The maximum atomic E-state index is 13.0. The number of aryl methyl sites for hydroxylation is 1. The van der Waals surface area contributed by atoms with Gasteiger partial charge in [0.1, 0.15) is 11.4 Å². The molecule has 0 spiro atoms. The van der Waals surface area contributed by atoms with Crippen LogP contribution in [-0.2, 0) is 7.05 Å². The number of imidazole rings is 1. The van der Waals surface area contributed by atoms with Crippen molar-refractivity contribution in [1.82, 2.24) is 28.9 Å². The maximum absolute atomic E-state index is 13.0. The van der Waals surface area contributed by atoms with E-state index in [2.05, 4.69) is 30.6 Å². The summed E-state index contributed by atoms with van der Waals surface area (Å²) in [5.41, 5.74) is 3.49. The van der Waals surface area contributed by atoms with Crippen LogP contribution in [-0.4, -0.2) is 28.9 Å². The lowest BCUT2D eigenvalue weighted by molar-refractivity contribution is 0.145. The molecule has 0 bridgehead atoms. The fourth-order valence-corrected chi connectivity index (χ4v) is 3.27. The Labute approximate surface area is 158 Å². The van der Waals surface area contributed by atoms with Gasteiger partial charge in [0, 0.05) is 42.1 Å². The van der Waals surface area contributed by atoms with Crippen LogP contribution in [0.15, 0.2) is 61.3 Å². The van der Waals surface area contributed by atoms with Gasteiger partial charge in [0.15, 0.2) is 11.5 Å². The lowest BCUT2D eigenvalue weighted by Crippen LogP contribution is -1.99. The summed E-state index contributed by atoms with van der Waals surface area (Å²) in [6.07, 6.45) is 5.15. The van der Waals surface area contributed by atoms with E-state index in [-0.39, 0.29) is 5.69 Å². The van der Waals surface area contributed by atoms with Crippen molar-refractivity contribution in [2.24, 2.45) is 7.05 Å². The molecule has 138 valence electrons. The van der Waals surface area contributed by atoms with Gasteiger partial charge in [-0.1, -0.05) is 6.07 Å². The second kappa shape index (κ2) is 6.19. The molecule has 0 saturated carbocycles. The van der Waals surface area contributed by atoms with Gasteiger partial charge in [-0.15, -0.1) is 0 Å². The molecule has 4 aromatic heterocycles. The Hall–Kier alpha value is -3.68. The highest BCUT2D eigenvalue weighted by Crippen LogP contribution is 2.26. The van der Waals surface area contributed by atoms with Crippen molar-refractivity contribution in [2.75, 3.05) is 0 Å². The Bertz CT molecular complexity index is 1320. The number of halogens is 2. The predicted octanol–water partition coefficient (Wildman–Crippen LogP) is 4.28. The van der Waals surface area contributed by atoms with Crippen LogP contribution in [0.3, 0.4) is 0 Å². The van der Waals surface area contributed by atoms with Crippen molar-refractivity contribution in [3.05, 3.63) is 67.0 Å². The molecule has 0 N–H and O–H groups in total. The normalized spacial score (nSPS) is 11.7. The maximum Gasteiger partial charge on any atom is 0.281 e. The van der Waals surface area contributed by atoms with E-state index in [0.717, 1.165) is 22.2 Å². The molecule has 0 saturated heterocycles. The number of rotatable bonds is 3. The zero-order valence-electron chi connectivity index (χ0n) is 14.8. The van der Waals surface area contributed by atoms with Gasteiger partial charge in [0.05, 0.1) is 18.1 Å². The molecule has 0 aliphatic carbocycles. The highest BCUT2D eigenvalue weighted by Gasteiger charge is 2.15. The van der Waals surface area contributed by atoms with Crippen LogP contribution < -0.4 is 0 Å². The van der Waals surface area contributed by atoms with Crippen LogP contribution in [0.5, 0.6) is 0 Å². The Kier molecular flexibility index (Phi) is 3.65. The van der Waals surface area contributed by atoms with E-state index in [1.165, 1.54) is 16.8 Å². The molecule has 0 radical (unpaired) electrons. The first-order valence-electron chi connectivity index (χ1n) is 8.60. The molecule has 5 aromatic rings. The molecule has 0 atom stereocenters. The average Bonchev–Trinajstić information content (AvgIpc) is 3.31. The fraction of sp³-hybridized carbons (Fsp3) is 0.100. The van der Waals surface area contributed by atoms with E-state index in [4.69, 9.17) is 0 Å². The molecule has 0 aliphatic heterocycles. The fourth-order valence-electron chi connectivity index (χ4n) is 3.27. The SMILES string of the molecule is Cn1ccc2cc(-c3ccnc(-c4cnc5cnc(C(F)F)cn45)n3)ccc21. The lowest BCUT2D eigenvalue weighted by Gasteiger charge is -2.06. The Morgan fingerprint density at radius 1 is 1.00 bits per heavy atom. The Morgan fingerprint density at radius 2 is 1.89 bits per heavy atom. The summed E-state index contributed by atoms with van der Waals surface area (Å²) in [6.45, 7) is 0. The van der Waals surface area contributed by atoms with Crippen molar-refractivity contribution < 1.29 is 8.78 Å². The number of benzene rings is 1. The molecule has 4 heterocycles. The Morgan fingerprint density at radius 3 is 2.75 bits per heavy atom. The summed E-state index contributed by atoms with van der Waals surface area (Å²) in [5.74, 6) is 0.407. The molecular formula is C20H14F2N6. The van der Waals surface area contributed by atoms with E-state index < -0.39 is 6.43 Å². The summed E-state index contributed by atoms with van der Waals surface area (Å²) in [6, 6.07) is 9.98. The second-order valence-corrected chi connectivity index (χ2v) is 6.45. The number of aromatic nitrogens is 6. The standard InChI is InChI=1S/C20H14F2N6/c1-27-7-5-13-8-12(2-3-16(13)27)14-4-6-23-20(26-14)17-9-25-18-10-24-15(19(21)22)11-28(17)18/h2-11,19H,1H3. The quantitative estimate of drug-likeness (QED) is 0.471. The minimum Gasteiger partial charge on any atom is -0.351 e. The molecule has 6 nitrogen and oxygen atoms in total. The first-order chi connectivity index (χ1) is 13.6. The monoisotopic (exact) mass is 376 g/mol. The van der Waals surface area contributed by atoms with Gasteiger partial charge in [-0.25, -0.2) is 28.7 Å². The summed E-state index contributed by atoms with van der Waals surface area (Å²) in [7, 11) is 2.00. The summed E-state index contributed by atoms with van der Waals surface area (Å²) in [4.78, 5) is 16.9. The third kappa shape index (κ3) is 2.61. The van der Waals surface area contributed by atoms with Crippen molar-refractivity contribution >= 4 is 16.6 Å². The van der Waals surface area contributed by atoms with E-state index in [1.54, 1.807) is 12.4 Å². The molecule has 1 aromatic carbocycles. The highest BCUT2D eigenvalue weighted by atomic mass is 19.3. The molecule has 0 unspecified atom stereocenters.